The number of rotatable bonds is 5. The average Bonchev–Trinajstić information content (AvgIpc) is 3.11. The summed E-state index contributed by atoms with van der Waals surface area (Å²) in [4.78, 5) is 15.0. The summed E-state index contributed by atoms with van der Waals surface area (Å²) < 4.78 is 10.7. The molecule has 2 aliphatic heterocycles. The van der Waals surface area contributed by atoms with E-state index in [0.717, 1.165) is 30.9 Å². The Bertz CT molecular complexity index is 583. The zero-order valence-corrected chi connectivity index (χ0v) is 16.7. The minimum atomic E-state index is -0.457. The number of halogens is 2. The lowest BCUT2D eigenvalue weighted by Gasteiger charge is -2.35. The molecular weight excluding hydrogens is 377 g/mol. The molecular formula is C18H29Cl2N3O3. The molecule has 1 aromatic rings. The maximum Gasteiger partial charge on any atom is 0.227 e. The van der Waals surface area contributed by atoms with Crippen LogP contribution in [0.2, 0.25) is 0 Å². The van der Waals surface area contributed by atoms with Crippen LogP contribution in [0.4, 0.5) is 5.69 Å². The predicted molar refractivity (Wildman–Crippen MR) is 108 cm³/mol. The maximum atomic E-state index is 12.8. The molecule has 3 N–H and O–H groups in total. The topological polar surface area (TPSA) is 76.8 Å². The molecule has 0 spiro atoms. The number of anilines is 1. The van der Waals surface area contributed by atoms with Crippen LogP contribution in [0.3, 0.4) is 0 Å². The summed E-state index contributed by atoms with van der Waals surface area (Å²) in [7, 11) is 1.67. The first-order chi connectivity index (χ1) is 11.7. The van der Waals surface area contributed by atoms with Crippen LogP contribution in [-0.2, 0) is 9.53 Å². The lowest BCUT2D eigenvalue weighted by Crippen LogP contribution is -2.52. The van der Waals surface area contributed by atoms with Gasteiger partial charge in [0.15, 0.2) is 0 Å². The molecule has 2 fully saturated rings. The molecule has 2 heterocycles. The number of benzene rings is 1. The third-order valence-corrected chi connectivity index (χ3v) is 5.26. The van der Waals surface area contributed by atoms with Crippen LogP contribution >= 0.6 is 24.8 Å². The summed E-state index contributed by atoms with van der Waals surface area (Å²) in [6.45, 7) is 3.36. The van der Waals surface area contributed by atoms with Crippen LogP contribution in [0.1, 0.15) is 19.3 Å². The highest BCUT2D eigenvalue weighted by Crippen LogP contribution is 2.30. The molecule has 3 rings (SSSR count). The third kappa shape index (κ3) is 4.94. The highest BCUT2D eigenvalue weighted by Gasteiger charge is 2.40. The number of carbonyl (C=O) groups excluding carboxylic acids is 1. The van der Waals surface area contributed by atoms with E-state index >= 15 is 0 Å². The van der Waals surface area contributed by atoms with Gasteiger partial charge in [0.25, 0.3) is 0 Å². The molecule has 1 unspecified atom stereocenters. The van der Waals surface area contributed by atoms with Gasteiger partial charge in [0.2, 0.25) is 5.91 Å². The van der Waals surface area contributed by atoms with Gasteiger partial charge in [0.05, 0.1) is 12.5 Å². The molecule has 1 aromatic carbocycles. The number of ether oxygens (including phenoxy) is 2. The quantitative estimate of drug-likeness (QED) is 0.782. The summed E-state index contributed by atoms with van der Waals surface area (Å²) in [5, 5.41) is 3.22. The second-order valence-electron chi connectivity index (χ2n) is 6.70. The van der Waals surface area contributed by atoms with E-state index in [4.69, 9.17) is 15.2 Å². The van der Waals surface area contributed by atoms with Crippen molar-refractivity contribution in [2.24, 2.45) is 11.1 Å². The second-order valence-corrected chi connectivity index (χ2v) is 6.70. The van der Waals surface area contributed by atoms with Crippen LogP contribution in [0, 0.1) is 5.41 Å². The molecule has 0 bridgehead atoms. The molecule has 0 aliphatic carbocycles. The molecule has 2 saturated heterocycles. The Labute approximate surface area is 167 Å². The predicted octanol–water partition coefficient (Wildman–Crippen LogP) is 1.99. The molecule has 0 saturated carbocycles. The fraction of sp³-hybridized carbons (Fsp3) is 0.611. The number of nitrogens with one attached hydrogen (secondary N) is 1. The monoisotopic (exact) mass is 405 g/mol. The van der Waals surface area contributed by atoms with Gasteiger partial charge in [0, 0.05) is 50.6 Å². The van der Waals surface area contributed by atoms with E-state index in [1.807, 2.05) is 18.2 Å². The number of carbonyl (C=O) groups is 1. The fourth-order valence-electron chi connectivity index (χ4n) is 3.54. The van der Waals surface area contributed by atoms with E-state index < -0.39 is 5.41 Å². The number of amides is 1. The smallest absolute Gasteiger partial charge is 0.227 e. The normalized spacial score (nSPS) is 21.3. The molecule has 8 heteroatoms. The Morgan fingerprint density at radius 1 is 1.38 bits per heavy atom. The molecule has 1 atom stereocenters. The van der Waals surface area contributed by atoms with E-state index in [0.29, 0.717) is 32.6 Å². The second kappa shape index (κ2) is 10.2. The van der Waals surface area contributed by atoms with Gasteiger partial charge in [-0.15, -0.1) is 24.8 Å². The van der Waals surface area contributed by atoms with Crippen LogP contribution in [0.25, 0.3) is 0 Å². The first kappa shape index (κ1) is 22.8. The van der Waals surface area contributed by atoms with Crippen LogP contribution in [0.5, 0.6) is 5.75 Å². The SMILES string of the molecule is COc1cccc(N2CCC(NC(=O)C3(CN)CCOCC3)C2)c1.Cl.Cl. The van der Waals surface area contributed by atoms with Crippen LogP contribution < -0.4 is 20.7 Å². The lowest BCUT2D eigenvalue weighted by atomic mass is 9.79. The van der Waals surface area contributed by atoms with E-state index in [-0.39, 0.29) is 36.8 Å². The van der Waals surface area contributed by atoms with Gasteiger partial charge >= 0.3 is 0 Å². The highest BCUT2D eigenvalue weighted by molar-refractivity contribution is 5.85. The average molecular weight is 406 g/mol. The number of nitrogens with two attached hydrogens (primary N) is 1. The van der Waals surface area contributed by atoms with Crippen molar-refractivity contribution in [3.63, 3.8) is 0 Å². The Hall–Kier alpha value is -1.21. The van der Waals surface area contributed by atoms with Gasteiger partial charge in [-0.25, -0.2) is 0 Å². The summed E-state index contributed by atoms with van der Waals surface area (Å²) in [5.74, 6) is 0.940. The Balaban J connectivity index is 0.00000169. The summed E-state index contributed by atoms with van der Waals surface area (Å²) in [6.07, 6.45) is 2.36. The van der Waals surface area contributed by atoms with E-state index in [9.17, 15) is 4.79 Å². The van der Waals surface area contributed by atoms with Gasteiger partial charge in [-0.1, -0.05) is 6.07 Å². The van der Waals surface area contributed by atoms with E-state index in [1.54, 1.807) is 7.11 Å². The summed E-state index contributed by atoms with van der Waals surface area (Å²) in [5.41, 5.74) is 6.60. The molecule has 148 valence electrons. The highest BCUT2D eigenvalue weighted by atomic mass is 35.5. The molecule has 0 aromatic heterocycles. The minimum absolute atomic E-state index is 0. The molecule has 0 radical (unpaired) electrons. The van der Waals surface area contributed by atoms with Crippen molar-refractivity contribution >= 4 is 36.4 Å². The minimum Gasteiger partial charge on any atom is -0.497 e. The molecule has 26 heavy (non-hydrogen) atoms. The zero-order valence-electron chi connectivity index (χ0n) is 15.1. The summed E-state index contributed by atoms with van der Waals surface area (Å²) >= 11 is 0. The molecule has 1 amide bonds. The van der Waals surface area contributed by atoms with Crippen LogP contribution in [0.15, 0.2) is 24.3 Å². The van der Waals surface area contributed by atoms with Gasteiger partial charge < -0.3 is 25.4 Å². The van der Waals surface area contributed by atoms with Crippen molar-refractivity contribution in [2.45, 2.75) is 25.3 Å². The van der Waals surface area contributed by atoms with E-state index in [2.05, 4.69) is 16.3 Å². The largest absolute Gasteiger partial charge is 0.497 e. The van der Waals surface area contributed by atoms with E-state index in [1.165, 1.54) is 0 Å². The zero-order chi connectivity index (χ0) is 17.0. The Morgan fingerprint density at radius 3 is 2.77 bits per heavy atom. The van der Waals surface area contributed by atoms with Gasteiger partial charge in [-0.3, -0.25) is 4.79 Å². The van der Waals surface area contributed by atoms with Crippen molar-refractivity contribution in [1.82, 2.24) is 5.32 Å². The van der Waals surface area contributed by atoms with Gasteiger partial charge in [-0.2, -0.15) is 0 Å². The molecule has 2 aliphatic rings. The summed E-state index contributed by atoms with van der Waals surface area (Å²) in [6, 6.07) is 8.20. The number of methoxy groups -OCH3 is 1. The van der Waals surface area contributed by atoms with Crippen molar-refractivity contribution < 1.29 is 14.3 Å². The van der Waals surface area contributed by atoms with Crippen molar-refractivity contribution in [2.75, 3.05) is 44.9 Å². The first-order valence-corrected chi connectivity index (χ1v) is 8.65. The number of nitrogens with zero attached hydrogens (tertiary/aromatic N) is 1. The van der Waals surface area contributed by atoms with Gasteiger partial charge in [-0.05, 0) is 31.4 Å². The standard InChI is InChI=1S/C18H27N3O3.2ClH/c1-23-16-4-2-3-15(11-16)21-8-5-14(12-21)20-17(22)18(13-19)6-9-24-10-7-18;;/h2-4,11,14H,5-10,12-13,19H2,1H3,(H,20,22);2*1H. The third-order valence-electron chi connectivity index (χ3n) is 5.26. The Morgan fingerprint density at radius 2 is 2.12 bits per heavy atom. The van der Waals surface area contributed by atoms with Crippen LogP contribution in [-0.4, -0.2) is 51.9 Å². The van der Waals surface area contributed by atoms with Crippen molar-refractivity contribution in [3.05, 3.63) is 24.3 Å². The maximum absolute atomic E-state index is 12.8. The molecule has 6 nitrogen and oxygen atoms in total. The van der Waals surface area contributed by atoms with Gasteiger partial charge in [0.1, 0.15) is 5.75 Å². The van der Waals surface area contributed by atoms with Crippen molar-refractivity contribution in [1.29, 1.82) is 0 Å². The number of hydrogen-bond donors (Lipinski definition) is 2. The fourth-order valence-corrected chi connectivity index (χ4v) is 3.54. The first-order valence-electron chi connectivity index (χ1n) is 8.65. The van der Waals surface area contributed by atoms with Crippen molar-refractivity contribution in [3.8, 4) is 5.75 Å². The lowest BCUT2D eigenvalue weighted by molar-refractivity contribution is -0.136. The number of hydrogen-bond acceptors (Lipinski definition) is 5. The Kier molecular flexibility index (Phi) is 8.96.